The number of unbranched alkanes of at least 4 members (excludes halogenated alkanes) is 7. The first-order chi connectivity index (χ1) is 12.5. The predicted octanol–water partition coefficient (Wildman–Crippen LogP) is 4.00. The Morgan fingerprint density at radius 1 is 1.00 bits per heavy atom. The highest BCUT2D eigenvalue weighted by Gasteiger charge is 2.18. The number of halogens is 3. The molecule has 2 aromatic rings. The second kappa shape index (κ2) is 12.9. The molecule has 5 heteroatoms. The molecule has 0 aliphatic rings. The summed E-state index contributed by atoms with van der Waals surface area (Å²) in [4.78, 5) is 0. The van der Waals surface area contributed by atoms with Gasteiger partial charge in [-0.15, -0.1) is 0 Å². The minimum atomic E-state index is 0. The van der Waals surface area contributed by atoms with Gasteiger partial charge in [-0.2, -0.15) is 0 Å². The van der Waals surface area contributed by atoms with E-state index >= 15 is 0 Å². The molecule has 0 fully saturated rings. The minimum Gasteiger partial charge on any atom is -1.00 e. The largest absolute Gasteiger partial charge is 1.00 e. The van der Waals surface area contributed by atoms with Crippen molar-refractivity contribution in [1.82, 2.24) is 4.57 Å². The van der Waals surface area contributed by atoms with Crippen molar-refractivity contribution in [2.45, 2.75) is 85.2 Å². The van der Waals surface area contributed by atoms with E-state index < -0.39 is 0 Å². The summed E-state index contributed by atoms with van der Waals surface area (Å²) in [7, 11) is 0. The number of aromatic nitrogens is 2. The lowest BCUT2D eigenvalue weighted by Crippen LogP contribution is -3.00. The third-order valence-electron chi connectivity index (χ3n) is 5.23. The van der Waals surface area contributed by atoms with Crippen LogP contribution in [0.4, 0.5) is 0 Å². The monoisotopic (exact) mass is 474 g/mol. The van der Waals surface area contributed by atoms with Crippen LogP contribution in [0.25, 0.3) is 0 Å². The van der Waals surface area contributed by atoms with Crippen molar-refractivity contribution in [2.24, 2.45) is 0 Å². The molecule has 1 aromatic heterocycles. The van der Waals surface area contributed by atoms with Crippen LogP contribution < -0.4 is 17.0 Å². The van der Waals surface area contributed by atoms with E-state index in [2.05, 4.69) is 58.2 Å². The van der Waals surface area contributed by atoms with Crippen LogP contribution in [0.3, 0.4) is 0 Å². The fourth-order valence-corrected chi connectivity index (χ4v) is 4.06. The molecule has 2 nitrogen and oxygen atoms in total. The lowest BCUT2D eigenvalue weighted by atomic mass is 10.1. The van der Waals surface area contributed by atoms with Gasteiger partial charge in [0.1, 0.15) is 6.54 Å². The van der Waals surface area contributed by atoms with Gasteiger partial charge in [-0.3, -0.25) is 0 Å². The van der Waals surface area contributed by atoms with Crippen LogP contribution in [-0.2, 0) is 13.1 Å². The van der Waals surface area contributed by atoms with Gasteiger partial charge in [-0.25, -0.2) is 9.13 Å². The van der Waals surface area contributed by atoms with Gasteiger partial charge in [-0.1, -0.05) is 69.2 Å². The fraction of sp³-hybridized carbons (Fsp3) is 0.591. The van der Waals surface area contributed by atoms with Crippen LogP contribution >= 0.6 is 27.5 Å². The maximum atomic E-state index is 6.27. The number of benzene rings is 1. The Bertz CT molecular complexity index is 698. The van der Waals surface area contributed by atoms with Gasteiger partial charge in [-0.05, 0) is 37.0 Å². The first kappa shape index (κ1) is 24.5. The molecule has 0 aliphatic heterocycles. The van der Waals surface area contributed by atoms with Gasteiger partial charge in [0.2, 0.25) is 10.9 Å². The van der Waals surface area contributed by atoms with E-state index in [1.807, 2.05) is 12.1 Å². The first-order valence-electron chi connectivity index (χ1n) is 10.0. The average molecular weight is 476 g/mol. The molecule has 1 aromatic carbocycles. The lowest BCUT2D eigenvalue weighted by Gasteiger charge is -2.05. The molecule has 0 amide bonds. The predicted molar refractivity (Wildman–Crippen MR) is 115 cm³/mol. The molecule has 0 spiro atoms. The zero-order valence-electron chi connectivity index (χ0n) is 16.9. The number of nitrogens with zero attached hydrogens (tertiary/aromatic N) is 2. The maximum Gasteiger partial charge on any atom is 0.245 e. The summed E-state index contributed by atoms with van der Waals surface area (Å²) in [6.45, 7) is 8.49. The molecule has 0 radical (unpaired) electrons. The Morgan fingerprint density at radius 3 is 2.30 bits per heavy atom. The van der Waals surface area contributed by atoms with Gasteiger partial charge in [0, 0.05) is 27.9 Å². The summed E-state index contributed by atoms with van der Waals surface area (Å²) >= 11 is 10.0. The van der Waals surface area contributed by atoms with Crippen molar-refractivity contribution in [2.75, 3.05) is 0 Å². The highest BCUT2D eigenvalue weighted by atomic mass is 79.9. The quantitative estimate of drug-likeness (QED) is 0.343. The highest BCUT2D eigenvalue weighted by molar-refractivity contribution is 9.10. The molecule has 0 aliphatic carbocycles. The molecule has 0 bridgehead atoms. The molecule has 2 rings (SSSR count). The molecule has 152 valence electrons. The SMILES string of the molecule is CCCCCCCCCC[n+]1cn(Cc2cccc(Cl)c2C)c(C)c1Br.[Cl-]. The van der Waals surface area contributed by atoms with Crippen LogP contribution in [0.2, 0.25) is 5.02 Å². The van der Waals surface area contributed by atoms with Gasteiger partial charge in [0.25, 0.3) is 0 Å². The average Bonchev–Trinajstić information content (AvgIpc) is 2.89. The van der Waals surface area contributed by atoms with Crippen LogP contribution in [0.1, 0.15) is 75.1 Å². The van der Waals surface area contributed by atoms with E-state index in [9.17, 15) is 0 Å². The number of hydrogen-bond donors (Lipinski definition) is 0. The van der Waals surface area contributed by atoms with Crippen LogP contribution in [-0.4, -0.2) is 4.57 Å². The second-order valence-corrected chi connectivity index (χ2v) is 8.47. The van der Waals surface area contributed by atoms with Gasteiger partial charge in [0.15, 0.2) is 5.69 Å². The van der Waals surface area contributed by atoms with E-state index in [-0.39, 0.29) is 12.4 Å². The molecule has 0 saturated carbocycles. The van der Waals surface area contributed by atoms with Crippen molar-refractivity contribution >= 4 is 27.5 Å². The van der Waals surface area contributed by atoms with Crippen molar-refractivity contribution < 1.29 is 17.0 Å². The zero-order chi connectivity index (χ0) is 18.9. The molecule has 0 atom stereocenters. The van der Waals surface area contributed by atoms with E-state index in [1.165, 1.54) is 72.8 Å². The summed E-state index contributed by atoms with van der Waals surface area (Å²) in [5.74, 6) is 0. The fourth-order valence-electron chi connectivity index (χ4n) is 3.37. The molecular formula is C22H33BrCl2N2. The molecule has 1 heterocycles. The van der Waals surface area contributed by atoms with E-state index in [4.69, 9.17) is 11.6 Å². The zero-order valence-corrected chi connectivity index (χ0v) is 20.0. The Kier molecular flexibility index (Phi) is 11.7. The van der Waals surface area contributed by atoms with Crippen molar-refractivity contribution in [3.8, 4) is 0 Å². The Hall–Kier alpha value is -0.510. The number of aryl methyl sites for hydroxylation is 1. The van der Waals surface area contributed by atoms with Crippen molar-refractivity contribution in [3.63, 3.8) is 0 Å². The third-order valence-corrected chi connectivity index (χ3v) is 6.67. The van der Waals surface area contributed by atoms with Crippen molar-refractivity contribution in [3.05, 3.63) is 51.0 Å². The Labute approximate surface area is 184 Å². The van der Waals surface area contributed by atoms with Crippen LogP contribution in [0.5, 0.6) is 0 Å². The maximum absolute atomic E-state index is 6.27. The number of hydrogen-bond acceptors (Lipinski definition) is 0. The minimum absolute atomic E-state index is 0. The molecule has 0 unspecified atom stereocenters. The summed E-state index contributed by atoms with van der Waals surface area (Å²) in [6, 6.07) is 6.16. The standard InChI is InChI=1S/C22H33BrClN2.ClH/c1-4-5-6-7-8-9-10-11-15-25-17-26(19(3)22(25)23)16-20-13-12-14-21(24)18(20)2;/h12-14,17H,4-11,15-16H2,1-3H3;1H/q+1;/p-1. The third kappa shape index (κ3) is 7.44. The van der Waals surface area contributed by atoms with Gasteiger partial charge in [0.05, 0.1) is 6.54 Å². The Balaban J connectivity index is 0.00000364. The van der Waals surface area contributed by atoms with E-state index in [0.717, 1.165) is 18.1 Å². The summed E-state index contributed by atoms with van der Waals surface area (Å²) < 4.78 is 5.85. The van der Waals surface area contributed by atoms with E-state index in [1.54, 1.807) is 0 Å². The highest BCUT2D eigenvalue weighted by Crippen LogP contribution is 2.21. The number of imidazole rings is 1. The summed E-state index contributed by atoms with van der Waals surface area (Å²) in [5, 5.41) is 0.846. The van der Waals surface area contributed by atoms with Gasteiger partial charge >= 0.3 is 0 Å². The lowest BCUT2D eigenvalue weighted by molar-refractivity contribution is -0.707. The first-order valence-corrected chi connectivity index (χ1v) is 11.2. The Morgan fingerprint density at radius 2 is 1.63 bits per heavy atom. The summed E-state index contributed by atoms with van der Waals surface area (Å²) in [5.41, 5.74) is 3.72. The topological polar surface area (TPSA) is 8.81 Å². The molecule has 0 N–H and O–H groups in total. The second-order valence-electron chi connectivity index (χ2n) is 7.31. The number of rotatable bonds is 11. The normalized spacial score (nSPS) is 10.9. The smallest absolute Gasteiger partial charge is 0.245 e. The molecule has 27 heavy (non-hydrogen) atoms. The van der Waals surface area contributed by atoms with Crippen molar-refractivity contribution in [1.29, 1.82) is 0 Å². The summed E-state index contributed by atoms with van der Waals surface area (Å²) in [6.07, 6.45) is 13.1. The molecular weight excluding hydrogens is 443 g/mol. The molecule has 0 saturated heterocycles. The van der Waals surface area contributed by atoms with E-state index in [0.29, 0.717) is 0 Å². The van der Waals surface area contributed by atoms with Crippen LogP contribution in [0.15, 0.2) is 29.1 Å². The van der Waals surface area contributed by atoms with Gasteiger partial charge < -0.3 is 12.4 Å². The van der Waals surface area contributed by atoms with Crippen LogP contribution in [0, 0.1) is 13.8 Å².